The fourth-order valence-corrected chi connectivity index (χ4v) is 3.55. The lowest BCUT2D eigenvalue weighted by Crippen LogP contribution is -2.24. The van der Waals surface area contributed by atoms with Gasteiger partial charge in [-0.2, -0.15) is 0 Å². The van der Waals surface area contributed by atoms with Crippen LogP contribution in [-0.2, 0) is 16.6 Å². The zero-order valence-electron chi connectivity index (χ0n) is 15.6. The van der Waals surface area contributed by atoms with Crippen molar-refractivity contribution in [3.63, 3.8) is 0 Å². The first kappa shape index (κ1) is 17.2. The number of rotatable bonds is 4. The second kappa shape index (κ2) is 6.80. The fourth-order valence-electron chi connectivity index (χ4n) is 3.55. The molecule has 4 heteroatoms. The summed E-state index contributed by atoms with van der Waals surface area (Å²) in [5.41, 5.74) is 3.31. The molecular weight excluding hydrogens is 338 g/mol. The number of benzene rings is 3. The molecule has 0 saturated carbocycles. The van der Waals surface area contributed by atoms with E-state index in [4.69, 9.17) is 9.47 Å². The summed E-state index contributed by atoms with van der Waals surface area (Å²) < 4.78 is 12.8. The normalized spacial score (nSPS) is 12.3. The number of hydrogen-bond donors (Lipinski definition) is 0. The van der Waals surface area contributed by atoms with Gasteiger partial charge >= 0.3 is 5.97 Å². The lowest BCUT2D eigenvalue weighted by molar-refractivity contribution is -0.147. The molecule has 0 saturated heterocycles. The van der Waals surface area contributed by atoms with Crippen molar-refractivity contribution in [1.82, 2.24) is 4.57 Å². The number of aryl methyl sites for hydroxylation is 1. The van der Waals surface area contributed by atoms with Crippen LogP contribution in [0.4, 0.5) is 0 Å². The van der Waals surface area contributed by atoms with Gasteiger partial charge in [0.1, 0.15) is 5.75 Å². The smallest absolute Gasteiger partial charge is 0.346 e. The van der Waals surface area contributed by atoms with Gasteiger partial charge in [-0.15, -0.1) is 0 Å². The van der Waals surface area contributed by atoms with Crippen LogP contribution in [0, 0.1) is 0 Å². The maximum Gasteiger partial charge on any atom is 0.346 e. The summed E-state index contributed by atoms with van der Waals surface area (Å²) in [6.07, 6.45) is -0.665. The Labute approximate surface area is 157 Å². The largest absolute Gasteiger partial charge is 0.478 e. The van der Waals surface area contributed by atoms with Gasteiger partial charge in [-0.25, -0.2) is 4.79 Å². The van der Waals surface area contributed by atoms with Gasteiger partial charge in [0, 0.05) is 23.7 Å². The molecule has 0 aliphatic rings. The highest BCUT2D eigenvalue weighted by atomic mass is 16.6. The van der Waals surface area contributed by atoms with Gasteiger partial charge in [0.2, 0.25) is 0 Å². The Balaban J connectivity index is 1.87. The molecule has 0 fully saturated rings. The Morgan fingerprint density at radius 3 is 2.52 bits per heavy atom. The van der Waals surface area contributed by atoms with Crippen LogP contribution in [0.2, 0.25) is 0 Å². The molecule has 0 bridgehead atoms. The van der Waals surface area contributed by atoms with E-state index in [0.29, 0.717) is 5.75 Å². The van der Waals surface area contributed by atoms with Crippen molar-refractivity contribution in [2.75, 3.05) is 7.11 Å². The van der Waals surface area contributed by atoms with Gasteiger partial charge in [-0.1, -0.05) is 48.5 Å². The van der Waals surface area contributed by atoms with E-state index in [0.717, 1.165) is 16.6 Å². The molecule has 3 aromatic carbocycles. The average Bonchev–Trinajstić information content (AvgIpc) is 3.04. The standard InChI is InChI=1S/C23H21NO3/c1-15(23(25)26-3)27-22-13-7-12-20-19(22)14-21(24(20)2)18-11-6-9-16-8-4-5-10-17(16)18/h4-15H,1-3H3. The van der Waals surface area contributed by atoms with Gasteiger partial charge in [-0.05, 0) is 35.9 Å². The van der Waals surface area contributed by atoms with Crippen LogP contribution in [0.5, 0.6) is 5.75 Å². The van der Waals surface area contributed by atoms with Crippen molar-refractivity contribution in [3.8, 4) is 17.0 Å². The Morgan fingerprint density at radius 1 is 0.963 bits per heavy atom. The summed E-state index contributed by atoms with van der Waals surface area (Å²) in [6, 6.07) is 22.7. The molecule has 0 spiro atoms. The number of fused-ring (bicyclic) bond motifs is 2. The van der Waals surface area contributed by atoms with Crippen LogP contribution in [-0.4, -0.2) is 23.8 Å². The first-order chi connectivity index (χ1) is 13.1. The second-order valence-electron chi connectivity index (χ2n) is 6.59. The number of nitrogens with zero attached hydrogens (tertiary/aromatic N) is 1. The lowest BCUT2D eigenvalue weighted by Gasteiger charge is -2.13. The molecule has 4 nitrogen and oxygen atoms in total. The first-order valence-corrected chi connectivity index (χ1v) is 8.91. The van der Waals surface area contributed by atoms with Crippen LogP contribution in [0.3, 0.4) is 0 Å². The summed E-state index contributed by atoms with van der Waals surface area (Å²) in [5.74, 6) is 0.282. The van der Waals surface area contributed by atoms with Gasteiger partial charge in [-0.3, -0.25) is 0 Å². The van der Waals surface area contributed by atoms with Gasteiger partial charge in [0.25, 0.3) is 0 Å². The Kier molecular flexibility index (Phi) is 4.32. The van der Waals surface area contributed by atoms with Crippen LogP contribution >= 0.6 is 0 Å². The highest BCUT2D eigenvalue weighted by Crippen LogP contribution is 2.36. The van der Waals surface area contributed by atoms with E-state index in [1.165, 1.54) is 23.4 Å². The molecule has 0 N–H and O–H groups in total. The average molecular weight is 359 g/mol. The van der Waals surface area contributed by atoms with E-state index in [9.17, 15) is 4.79 Å². The second-order valence-corrected chi connectivity index (χ2v) is 6.59. The Bertz CT molecular complexity index is 1140. The zero-order valence-corrected chi connectivity index (χ0v) is 15.6. The third-order valence-corrected chi connectivity index (χ3v) is 4.95. The summed E-state index contributed by atoms with van der Waals surface area (Å²) >= 11 is 0. The summed E-state index contributed by atoms with van der Waals surface area (Å²) in [5, 5.41) is 3.38. The molecule has 0 radical (unpaired) electrons. The maximum absolute atomic E-state index is 11.7. The molecule has 4 rings (SSSR count). The minimum Gasteiger partial charge on any atom is -0.478 e. The minimum absolute atomic E-state index is 0.391. The fraction of sp³-hybridized carbons (Fsp3) is 0.174. The van der Waals surface area contributed by atoms with Gasteiger partial charge in [0.05, 0.1) is 12.6 Å². The highest BCUT2D eigenvalue weighted by Gasteiger charge is 2.18. The van der Waals surface area contributed by atoms with Gasteiger partial charge < -0.3 is 14.0 Å². The quantitative estimate of drug-likeness (QED) is 0.485. The monoisotopic (exact) mass is 359 g/mol. The van der Waals surface area contributed by atoms with Crippen molar-refractivity contribution in [2.45, 2.75) is 13.0 Å². The van der Waals surface area contributed by atoms with Gasteiger partial charge in [0.15, 0.2) is 6.10 Å². The molecule has 1 heterocycles. The number of ether oxygens (including phenoxy) is 2. The van der Waals surface area contributed by atoms with Crippen molar-refractivity contribution < 1.29 is 14.3 Å². The van der Waals surface area contributed by atoms with Crippen LogP contribution in [0.1, 0.15) is 6.92 Å². The lowest BCUT2D eigenvalue weighted by atomic mass is 10.0. The van der Waals surface area contributed by atoms with E-state index < -0.39 is 12.1 Å². The number of methoxy groups -OCH3 is 1. The van der Waals surface area contributed by atoms with Crippen molar-refractivity contribution in [1.29, 1.82) is 0 Å². The summed E-state index contributed by atoms with van der Waals surface area (Å²) in [4.78, 5) is 11.7. The number of hydrogen-bond acceptors (Lipinski definition) is 3. The molecule has 136 valence electrons. The number of carbonyl (C=O) groups is 1. The number of esters is 1. The summed E-state index contributed by atoms with van der Waals surface area (Å²) in [7, 11) is 3.41. The maximum atomic E-state index is 11.7. The molecule has 0 aliphatic heterocycles. The molecule has 0 amide bonds. The van der Waals surface area contributed by atoms with Crippen LogP contribution in [0.15, 0.2) is 66.7 Å². The minimum atomic E-state index is -0.665. The first-order valence-electron chi connectivity index (χ1n) is 8.91. The third-order valence-electron chi connectivity index (χ3n) is 4.95. The molecule has 1 unspecified atom stereocenters. The number of carbonyl (C=O) groups excluding carboxylic acids is 1. The molecule has 4 aromatic rings. The molecule has 1 aromatic heterocycles. The summed E-state index contributed by atoms with van der Waals surface area (Å²) in [6.45, 7) is 1.69. The SMILES string of the molecule is COC(=O)C(C)Oc1cccc2c1cc(-c1cccc3ccccc13)n2C. The van der Waals surface area contributed by atoms with E-state index in [-0.39, 0.29) is 0 Å². The van der Waals surface area contributed by atoms with Crippen molar-refractivity contribution >= 4 is 27.6 Å². The van der Waals surface area contributed by atoms with Crippen LogP contribution in [0.25, 0.3) is 32.9 Å². The molecular formula is C23H21NO3. The predicted molar refractivity (Wildman–Crippen MR) is 108 cm³/mol. The number of aromatic nitrogens is 1. The zero-order chi connectivity index (χ0) is 19.0. The third kappa shape index (κ3) is 2.93. The Morgan fingerprint density at radius 2 is 1.70 bits per heavy atom. The van der Waals surface area contributed by atoms with Crippen molar-refractivity contribution in [2.24, 2.45) is 7.05 Å². The van der Waals surface area contributed by atoms with E-state index >= 15 is 0 Å². The Hall–Kier alpha value is -3.27. The topological polar surface area (TPSA) is 40.5 Å². The van der Waals surface area contributed by atoms with Crippen molar-refractivity contribution in [3.05, 3.63) is 66.7 Å². The molecule has 0 aliphatic carbocycles. The predicted octanol–water partition coefficient (Wildman–Crippen LogP) is 4.94. The van der Waals surface area contributed by atoms with E-state index in [1.807, 2.05) is 25.2 Å². The molecule has 27 heavy (non-hydrogen) atoms. The molecule has 1 atom stereocenters. The van der Waals surface area contributed by atoms with E-state index in [1.54, 1.807) is 6.92 Å². The highest BCUT2D eigenvalue weighted by molar-refractivity contribution is 6.00. The van der Waals surface area contributed by atoms with Crippen LogP contribution < -0.4 is 4.74 Å². The van der Waals surface area contributed by atoms with E-state index in [2.05, 4.69) is 53.1 Å².